The Balaban J connectivity index is 2.48. The lowest BCUT2D eigenvalue weighted by atomic mass is 10.4. The fourth-order valence-electron chi connectivity index (χ4n) is 0.814. The van der Waals surface area contributed by atoms with E-state index in [-0.39, 0.29) is 0 Å². The fourth-order valence-corrected chi connectivity index (χ4v) is 1.58. The summed E-state index contributed by atoms with van der Waals surface area (Å²) >= 11 is 6.35. The van der Waals surface area contributed by atoms with Crippen LogP contribution in [0.25, 0.3) is 0 Å². The molecule has 0 radical (unpaired) electrons. The number of thiocarbonyl (C=S) groups is 1. The molecule has 1 aromatic rings. The van der Waals surface area contributed by atoms with Gasteiger partial charge < -0.3 is 10.6 Å². The summed E-state index contributed by atoms with van der Waals surface area (Å²) in [5.74, 6) is 0. The number of aromatic nitrogens is 2. The molecule has 0 amide bonds. The molecule has 2 N–H and O–H groups in total. The van der Waals surface area contributed by atoms with Crippen molar-refractivity contribution < 1.29 is 0 Å². The second-order valence-electron chi connectivity index (χ2n) is 2.74. The number of rotatable bonds is 4. The number of nitrogens with two attached hydrogens (primary N) is 1. The molecular formula is C7H12N4S2. The second kappa shape index (κ2) is 4.48. The minimum Gasteiger partial charge on any atom is -0.393 e. The Bertz CT molecular complexity index is 296. The first-order valence-electron chi connectivity index (χ1n) is 3.89. The molecular weight excluding hydrogens is 204 g/mol. The molecule has 0 aliphatic rings. The molecule has 0 aromatic carbocycles. The zero-order valence-electron chi connectivity index (χ0n) is 7.65. The summed E-state index contributed by atoms with van der Waals surface area (Å²) in [5, 5.41) is 9.81. The van der Waals surface area contributed by atoms with Crippen LogP contribution in [0, 0.1) is 6.92 Å². The van der Waals surface area contributed by atoms with Gasteiger partial charge in [0.05, 0.1) is 4.99 Å². The summed E-state index contributed by atoms with van der Waals surface area (Å²) < 4.78 is 0. The molecule has 1 heterocycles. The summed E-state index contributed by atoms with van der Waals surface area (Å²) in [4.78, 5) is 2.54. The summed E-state index contributed by atoms with van der Waals surface area (Å²) in [7, 11) is 1.96. The monoisotopic (exact) mass is 216 g/mol. The van der Waals surface area contributed by atoms with Crippen molar-refractivity contribution in [3.8, 4) is 0 Å². The molecule has 0 bridgehead atoms. The Hall–Kier alpha value is -0.750. The number of hydrogen-bond donors (Lipinski definition) is 1. The predicted octanol–water partition coefficient (Wildman–Crippen LogP) is 0.959. The molecule has 0 saturated carbocycles. The highest BCUT2D eigenvalue weighted by atomic mass is 32.1. The second-order valence-corrected chi connectivity index (χ2v) is 4.43. The quantitative estimate of drug-likeness (QED) is 0.760. The van der Waals surface area contributed by atoms with Crippen LogP contribution in [0.5, 0.6) is 0 Å². The Morgan fingerprint density at radius 2 is 2.31 bits per heavy atom. The summed E-state index contributed by atoms with van der Waals surface area (Å²) in [6.07, 6.45) is 0.713. The van der Waals surface area contributed by atoms with Crippen LogP contribution < -0.4 is 10.6 Å². The Labute approximate surface area is 86.8 Å². The summed E-state index contributed by atoms with van der Waals surface area (Å²) in [5.41, 5.74) is 5.40. The van der Waals surface area contributed by atoms with E-state index < -0.39 is 0 Å². The van der Waals surface area contributed by atoms with Crippen molar-refractivity contribution in [2.45, 2.75) is 13.3 Å². The first-order valence-corrected chi connectivity index (χ1v) is 5.11. The highest BCUT2D eigenvalue weighted by molar-refractivity contribution is 7.80. The molecule has 72 valence electrons. The third-order valence-electron chi connectivity index (χ3n) is 1.54. The van der Waals surface area contributed by atoms with Gasteiger partial charge in [-0.1, -0.05) is 23.6 Å². The SMILES string of the molecule is Cc1nnc(N(C)CCC(N)=S)s1. The number of anilines is 1. The molecule has 0 aliphatic heterocycles. The van der Waals surface area contributed by atoms with E-state index in [1.807, 2.05) is 18.9 Å². The summed E-state index contributed by atoms with van der Waals surface area (Å²) in [6.45, 7) is 2.73. The largest absolute Gasteiger partial charge is 0.393 e. The van der Waals surface area contributed by atoms with Crippen molar-refractivity contribution in [3.05, 3.63) is 5.01 Å². The minimum atomic E-state index is 0.535. The lowest BCUT2D eigenvalue weighted by molar-refractivity contribution is 0.892. The minimum absolute atomic E-state index is 0.535. The fraction of sp³-hybridized carbons (Fsp3) is 0.571. The van der Waals surface area contributed by atoms with Gasteiger partial charge in [-0.25, -0.2) is 0 Å². The van der Waals surface area contributed by atoms with Crippen molar-refractivity contribution in [2.75, 3.05) is 18.5 Å². The maximum atomic E-state index is 5.40. The first-order chi connectivity index (χ1) is 6.09. The van der Waals surface area contributed by atoms with Crippen LogP contribution in [-0.4, -0.2) is 28.8 Å². The molecule has 4 nitrogen and oxygen atoms in total. The Morgan fingerprint density at radius 1 is 1.62 bits per heavy atom. The number of nitrogens with zero attached hydrogens (tertiary/aromatic N) is 3. The average molecular weight is 216 g/mol. The van der Waals surface area contributed by atoms with Crippen molar-refractivity contribution in [2.24, 2.45) is 5.73 Å². The highest BCUT2D eigenvalue weighted by Gasteiger charge is 2.05. The first kappa shape index (κ1) is 10.3. The predicted molar refractivity (Wildman–Crippen MR) is 59.3 cm³/mol. The van der Waals surface area contributed by atoms with Crippen LogP contribution in [0.15, 0.2) is 0 Å². The van der Waals surface area contributed by atoms with Crippen molar-refractivity contribution in [3.63, 3.8) is 0 Å². The maximum absolute atomic E-state index is 5.40. The zero-order chi connectivity index (χ0) is 9.84. The zero-order valence-corrected chi connectivity index (χ0v) is 9.28. The van der Waals surface area contributed by atoms with Crippen LogP contribution in [0.1, 0.15) is 11.4 Å². The van der Waals surface area contributed by atoms with E-state index in [4.69, 9.17) is 18.0 Å². The van der Waals surface area contributed by atoms with Crippen LogP contribution in [0.2, 0.25) is 0 Å². The highest BCUT2D eigenvalue weighted by Crippen LogP contribution is 2.17. The molecule has 0 spiro atoms. The van der Waals surface area contributed by atoms with Crippen molar-refractivity contribution >= 4 is 33.7 Å². The van der Waals surface area contributed by atoms with Crippen LogP contribution >= 0.6 is 23.6 Å². The molecule has 0 atom stereocenters. The standard InChI is InChI=1S/C7H12N4S2/c1-5-9-10-7(13-5)11(2)4-3-6(8)12/h3-4H2,1-2H3,(H2,8,12). The summed E-state index contributed by atoms with van der Waals surface area (Å²) in [6, 6.07) is 0. The molecule has 1 rings (SSSR count). The van der Waals surface area contributed by atoms with E-state index in [9.17, 15) is 0 Å². The number of aryl methyl sites for hydroxylation is 1. The van der Waals surface area contributed by atoms with Gasteiger partial charge in [-0.05, 0) is 6.92 Å². The molecule has 0 aliphatic carbocycles. The van der Waals surface area contributed by atoms with E-state index in [0.717, 1.165) is 16.7 Å². The average Bonchev–Trinajstić information content (AvgIpc) is 2.47. The van der Waals surface area contributed by atoms with Gasteiger partial charge in [-0.3, -0.25) is 0 Å². The van der Waals surface area contributed by atoms with Gasteiger partial charge in [-0.2, -0.15) is 0 Å². The van der Waals surface area contributed by atoms with Crippen molar-refractivity contribution in [1.29, 1.82) is 0 Å². The van der Waals surface area contributed by atoms with E-state index in [1.54, 1.807) is 11.3 Å². The third-order valence-corrected chi connectivity index (χ3v) is 2.69. The molecule has 0 unspecified atom stereocenters. The van der Waals surface area contributed by atoms with Crippen LogP contribution in [0.4, 0.5) is 5.13 Å². The van der Waals surface area contributed by atoms with Gasteiger partial charge in [0.2, 0.25) is 5.13 Å². The van der Waals surface area contributed by atoms with Crippen molar-refractivity contribution in [1.82, 2.24) is 10.2 Å². The maximum Gasteiger partial charge on any atom is 0.208 e. The normalized spacial score (nSPS) is 10.0. The van der Waals surface area contributed by atoms with E-state index in [0.29, 0.717) is 11.4 Å². The smallest absolute Gasteiger partial charge is 0.208 e. The lowest BCUT2D eigenvalue weighted by Crippen LogP contribution is -2.23. The number of hydrogen-bond acceptors (Lipinski definition) is 5. The lowest BCUT2D eigenvalue weighted by Gasteiger charge is -2.13. The van der Waals surface area contributed by atoms with Gasteiger partial charge in [0, 0.05) is 20.0 Å². The molecule has 1 aromatic heterocycles. The Morgan fingerprint density at radius 3 is 2.77 bits per heavy atom. The molecule has 13 heavy (non-hydrogen) atoms. The van der Waals surface area contributed by atoms with E-state index >= 15 is 0 Å². The van der Waals surface area contributed by atoms with Crippen LogP contribution in [-0.2, 0) is 0 Å². The van der Waals surface area contributed by atoms with Crippen LogP contribution in [0.3, 0.4) is 0 Å². The molecule has 0 saturated heterocycles. The molecule has 0 fully saturated rings. The van der Waals surface area contributed by atoms with Gasteiger partial charge >= 0.3 is 0 Å². The van der Waals surface area contributed by atoms with Gasteiger partial charge in [0.25, 0.3) is 0 Å². The van der Waals surface area contributed by atoms with E-state index in [2.05, 4.69) is 10.2 Å². The van der Waals surface area contributed by atoms with Gasteiger partial charge in [-0.15, -0.1) is 10.2 Å². The van der Waals surface area contributed by atoms with Gasteiger partial charge in [0.15, 0.2) is 0 Å². The topological polar surface area (TPSA) is 55.0 Å². The van der Waals surface area contributed by atoms with Gasteiger partial charge in [0.1, 0.15) is 5.01 Å². The van der Waals surface area contributed by atoms with E-state index in [1.165, 1.54) is 0 Å². The molecule has 6 heteroatoms. The third kappa shape index (κ3) is 3.23. The Kier molecular flexibility index (Phi) is 3.56.